The van der Waals surface area contributed by atoms with Crippen LogP contribution in [0.5, 0.6) is 0 Å². The van der Waals surface area contributed by atoms with Gasteiger partial charge in [0.1, 0.15) is 11.4 Å². The molecule has 0 saturated heterocycles. The number of nitrogens with zero attached hydrogens (tertiary/aromatic N) is 3. The summed E-state index contributed by atoms with van der Waals surface area (Å²) in [5, 5.41) is 0.632. The van der Waals surface area contributed by atoms with Gasteiger partial charge in [-0.05, 0) is 44.4 Å². The fourth-order valence-corrected chi connectivity index (χ4v) is 4.54. The van der Waals surface area contributed by atoms with Crippen LogP contribution in [0.4, 0.5) is 5.69 Å². The highest BCUT2D eigenvalue weighted by Gasteiger charge is 2.30. The summed E-state index contributed by atoms with van der Waals surface area (Å²) >= 11 is 1.52. The van der Waals surface area contributed by atoms with Crippen molar-refractivity contribution in [3.63, 3.8) is 0 Å². The third-order valence-corrected chi connectivity index (χ3v) is 6.05. The molecular weight excluding hydrogens is 334 g/mol. The minimum absolute atomic E-state index is 0.00871. The molecule has 5 nitrogen and oxygen atoms in total. The smallest absolute Gasteiger partial charge is 0.262 e. The van der Waals surface area contributed by atoms with E-state index >= 15 is 0 Å². The Morgan fingerprint density at radius 2 is 2.08 bits per heavy atom. The van der Waals surface area contributed by atoms with E-state index in [-0.39, 0.29) is 24.1 Å². The number of hydrogen-bond donors (Lipinski definition) is 0. The molecule has 3 heterocycles. The Hall–Kier alpha value is -2.47. The number of thiophene rings is 1. The molecule has 0 aliphatic carbocycles. The first kappa shape index (κ1) is 16.0. The molecule has 0 bridgehead atoms. The van der Waals surface area contributed by atoms with Crippen LogP contribution in [0.15, 0.2) is 35.4 Å². The van der Waals surface area contributed by atoms with E-state index in [1.165, 1.54) is 27.8 Å². The Kier molecular flexibility index (Phi) is 3.72. The van der Waals surface area contributed by atoms with E-state index in [0.29, 0.717) is 5.39 Å². The zero-order chi connectivity index (χ0) is 17.7. The van der Waals surface area contributed by atoms with Crippen LogP contribution < -0.4 is 10.5 Å². The van der Waals surface area contributed by atoms with Crippen molar-refractivity contribution < 1.29 is 4.79 Å². The molecule has 0 fully saturated rings. The monoisotopic (exact) mass is 353 g/mol. The Bertz CT molecular complexity index is 1050. The lowest BCUT2D eigenvalue weighted by atomic mass is 10.1. The quantitative estimate of drug-likeness (QED) is 0.711. The van der Waals surface area contributed by atoms with Crippen LogP contribution >= 0.6 is 11.3 Å². The largest absolute Gasteiger partial charge is 0.307 e. The molecule has 6 heteroatoms. The first-order chi connectivity index (χ1) is 12.0. The van der Waals surface area contributed by atoms with Gasteiger partial charge in [0.2, 0.25) is 5.91 Å². The van der Waals surface area contributed by atoms with Gasteiger partial charge in [0.25, 0.3) is 5.56 Å². The van der Waals surface area contributed by atoms with E-state index in [0.717, 1.165) is 27.4 Å². The van der Waals surface area contributed by atoms with Crippen LogP contribution in [0.3, 0.4) is 0 Å². The summed E-state index contributed by atoms with van der Waals surface area (Å²) in [7, 11) is 0. The number of aryl methyl sites for hydroxylation is 2. The van der Waals surface area contributed by atoms with E-state index < -0.39 is 0 Å². The Morgan fingerprint density at radius 3 is 2.88 bits per heavy atom. The standard InChI is InChI=1S/C19H19N3O2S/c1-11-8-14-6-4-5-7-15(14)22(11)16(23)9-21-10-20-18-17(19(21)24)12(2)13(3)25-18/h4-7,10-11H,8-9H2,1-3H3/t11-/m0/s1. The molecule has 0 N–H and O–H groups in total. The second kappa shape index (κ2) is 5.81. The fraction of sp³-hybridized carbons (Fsp3) is 0.316. The minimum Gasteiger partial charge on any atom is -0.307 e. The highest BCUT2D eigenvalue weighted by atomic mass is 32.1. The van der Waals surface area contributed by atoms with Gasteiger partial charge in [-0.2, -0.15) is 0 Å². The third kappa shape index (κ3) is 2.48. The molecule has 1 aliphatic rings. The predicted octanol–water partition coefficient (Wildman–Crippen LogP) is 3.05. The van der Waals surface area contributed by atoms with Gasteiger partial charge in [0.05, 0.1) is 11.7 Å². The number of carbonyl (C=O) groups is 1. The Labute approximate surface area is 149 Å². The van der Waals surface area contributed by atoms with E-state index in [4.69, 9.17) is 0 Å². The SMILES string of the molecule is Cc1sc2ncn(CC(=O)N3c4ccccc4C[C@@H]3C)c(=O)c2c1C. The van der Waals surface area contributed by atoms with Gasteiger partial charge in [0, 0.05) is 16.6 Å². The lowest BCUT2D eigenvalue weighted by Crippen LogP contribution is -2.40. The zero-order valence-electron chi connectivity index (χ0n) is 14.4. The Morgan fingerprint density at radius 1 is 1.32 bits per heavy atom. The van der Waals surface area contributed by atoms with Gasteiger partial charge in [0.15, 0.2) is 0 Å². The number of para-hydroxylation sites is 1. The molecule has 1 amide bonds. The van der Waals surface area contributed by atoms with Crippen molar-refractivity contribution in [3.05, 3.63) is 57.0 Å². The maximum Gasteiger partial charge on any atom is 0.262 e. The number of carbonyl (C=O) groups excluding carboxylic acids is 1. The van der Waals surface area contributed by atoms with Gasteiger partial charge < -0.3 is 4.90 Å². The van der Waals surface area contributed by atoms with Gasteiger partial charge in [-0.25, -0.2) is 4.98 Å². The average molecular weight is 353 g/mol. The van der Waals surface area contributed by atoms with E-state index in [1.54, 1.807) is 4.90 Å². The van der Waals surface area contributed by atoms with Gasteiger partial charge in [-0.3, -0.25) is 14.2 Å². The first-order valence-electron chi connectivity index (χ1n) is 8.32. The van der Waals surface area contributed by atoms with Crippen molar-refractivity contribution in [3.8, 4) is 0 Å². The van der Waals surface area contributed by atoms with Crippen molar-refractivity contribution in [2.24, 2.45) is 0 Å². The van der Waals surface area contributed by atoms with Crippen molar-refractivity contribution >= 4 is 33.1 Å². The number of benzene rings is 1. The molecule has 1 aromatic carbocycles. The van der Waals surface area contributed by atoms with Gasteiger partial charge in [-0.1, -0.05) is 18.2 Å². The molecule has 25 heavy (non-hydrogen) atoms. The summed E-state index contributed by atoms with van der Waals surface area (Å²) in [6.45, 7) is 5.96. The molecule has 2 aromatic heterocycles. The van der Waals surface area contributed by atoms with Crippen LogP contribution in [0.25, 0.3) is 10.2 Å². The summed E-state index contributed by atoms with van der Waals surface area (Å²) in [6, 6.07) is 8.05. The maximum atomic E-state index is 12.9. The molecule has 3 aromatic rings. The van der Waals surface area contributed by atoms with Gasteiger partial charge >= 0.3 is 0 Å². The average Bonchev–Trinajstić information content (AvgIpc) is 3.06. The van der Waals surface area contributed by atoms with Crippen LogP contribution in [0.2, 0.25) is 0 Å². The topological polar surface area (TPSA) is 55.2 Å². The number of anilines is 1. The summed E-state index contributed by atoms with van der Waals surface area (Å²) in [4.78, 5) is 33.7. The third-order valence-electron chi connectivity index (χ3n) is 4.94. The summed E-state index contributed by atoms with van der Waals surface area (Å²) in [5.41, 5.74) is 2.94. The number of hydrogen-bond acceptors (Lipinski definition) is 4. The van der Waals surface area contributed by atoms with Crippen molar-refractivity contribution in [1.82, 2.24) is 9.55 Å². The van der Waals surface area contributed by atoms with E-state index in [1.807, 2.05) is 39.0 Å². The fourth-order valence-electron chi connectivity index (χ4n) is 3.55. The van der Waals surface area contributed by atoms with Crippen molar-refractivity contribution in [2.75, 3.05) is 4.90 Å². The Balaban J connectivity index is 1.70. The second-order valence-electron chi connectivity index (χ2n) is 6.59. The van der Waals surface area contributed by atoms with E-state index in [9.17, 15) is 9.59 Å². The van der Waals surface area contributed by atoms with Crippen LogP contribution in [-0.2, 0) is 17.8 Å². The minimum atomic E-state index is -0.139. The van der Waals surface area contributed by atoms with Crippen molar-refractivity contribution in [2.45, 2.75) is 39.8 Å². The van der Waals surface area contributed by atoms with Crippen LogP contribution in [0, 0.1) is 13.8 Å². The molecule has 0 unspecified atom stereocenters. The van der Waals surface area contributed by atoms with Crippen LogP contribution in [-0.4, -0.2) is 21.5 Å². The normalized spacial score (nSPS) is 16.4. The number of fused-ring (bicyclic) bond motifs is 2. The van der Waals surface area contributed by atoms with Crippen LogP contribution in [0.1, 0.15) is 22.9 Å². The first-order valence-corrected chi connectivity index (χ1v) is 9.14. The molecule has 0 radical (unpaired) electrons. The number of rotatable bonds is 2. The zero-order valence-corrected chi connectivity index (χ0v) is 15.3. The molecular formula is C19H19N3O2S. The van der Waals surface area contributed by atoms with Gasteiger partial charge in [-0.15, -0.1) is 11.3 Å². The molecule has 1 atom stereocenters. The maximum absolute atomic E-state index is 12.9. The lowest BCUT2D eigenvalue weighted by molar-refractivity contribution is -0.119. The molecule has 1 aliphatic heterocycles. The predicted molar refractivity (Wildman–Crippen MR) is 100 cm³/mol. The van der Waals surface area contributed by atoms with Crippen molar-refractivity contribution in [1.29, 1.82) is 0 Å². The number of amides is 1. The summed E-state index contributed by atoms with van der Waals surface area (Å²) < 4.78 is 1.43. The number of aromatic nitrogens is 2. The van der Waals surface area contributed by atoms with E-state index in [2.05, 4.69) is 11.1 Å². The molecule has 128 valence electrons. The highest BCUT2D eigenvalue weighted by molar-refractivity contribution is 7.18. The summed E-state index contributed by atoms with van der Waals surface area (Å²) in [6.07, 6.45) is 2.33. The molecule has 0 spiro atoms. The lowest BCUT2D eigenvalue weighted by Gasteiger charge is -2.23. The second-order valence-corrected chi connectivity index (χ2v) is 7.79. The molecule has 4 rings (SSSR count). The highest BCUT2D eigenvalue weighted by Crippen LogP contribution is 2.32. The molecule has 0 saturated carbocycles. The summed E-state index contributed by atoms with van der Waals surface area (Å²) in [5.74, 6) is -0.0784.